The number of phosphoric ester groups is 1. The van der Waals surface area contributed by atoms with Gasteiger partial charge in [0, 0.05) is 12.8 Å². The van der Waals surface area contributed by atoms with Crippen molar-refractivity contribution in [3.05, 3.63) is 182 Å². The van der Waals surface area contributed by atoms with Crippen LogP contribution in [-0.4, -0.2) is 70.0 Å². The van der Waals surface area contributed by atoms with Crippen LogP contribution in [0.1, 0.15) is 361 Å². The molecule has 0 aliphatic rings. The highest BCUT2D eigenvalue weighted by Crippen LogP contribution is 2.38. The number of esters is 2. The molecule has 0 saturated carbocycles. The monoisotopic (exact) mass is 1490 g/mol. The van der Waals surface area contributed by atoms with Gasteiger partial charge in [-0.3, -0.25) is 14.2 Å². The van der Waals surface area contributed by atoms with Crippen LogP contribution in [-0.2, 0) is 32.7 Å². The third-order valence-electron chi connectivity index (χ3n) is 18.4. The van der Waals surface area contributed by atoms with E-state index in [1.807, 2.05) is 21.1 Å². The number of likely N-dealkylation sites (N-methyl/N-ethyl adjacent to an activating group) is 1. The van der Waals surface area contributed by atoms with Crippen LogP contribution in [0.25, 0.3) is 0 Å². The lowest BCUT2D eigenvalue weighted by Gasteiger charge is -2.28. The third-order valence-corrected chi connectivity index (χ3v) is 19.4. The molecule has 0 N–H and O–H groups in total. The van der Waals surface area contributed by atoms with Crippen molar-refractivity contribution >= 4 is 19.8 Å². The molecule has 0 spiro atoms. The highest BCUT2D eigenvalue weighted by molar-refractivity contribution is 7.45. The minimum Gasteiger partial charge on any atom is -0.756 e. The Bertz CT molecular complexity index is 2460. The number of phosphoric acid groups is 1. The molecule has 106 heavy (non-hydrogen) atoms. The number of carbonyl (C=O) groups excluding carboxylic acids is 2. The second-order valence-electron chi connectivity index (χ2n) is 29.8. The highest BCUT2D eigenvalue weighted by atomic mass is 31.2. The summed E-state index contributed by atoms with van der Waals surface area (Å²) in [6.45, 7) is 4.03. The molecule has 0 aliphatic carbocycles. The molecule has 2 atom stereocenters. The summed E-state index contributed by atoms with van der Waals surface area (Å²) in [6, 6.07) is 0. The van der Waals surface area contributed by atoms with E-state index in [1.165, 1.54) is 193 Å². The fourth-order valence-corrected chi connectivity index (χ4v) is 12.6. The van der Waals surface area contributed by atoms with Crippen LogP contribution >= 0.6 is 7.82 Å². The van der Waals surface area contributed by atoms with E-state index in [4.69, 9.17) is 18.5 Å². The number of hydrogen-bond acceptors (Lipinski definition) is 8. The van der Waals surface area contributed by atoms with Crippen LogP contribution in [0.2, 0.25) is 0 Å². The Morgan fingerprint density at radius 3 is 0.755 bits per heavy atom. The van der Waals surface area contributed by atoms with E-state index in [9.17, 15) is 19.0 Å². The van der Waals surface area contributed by atoms with Crippen molar-refractivity contribution in [3.8, 4) is 0 Å². The van der Waals surface area contributed by atoms with Gasteiger partial charge in [-0.1, -0.05) is 395 Å². The van der Waals surface area contributed by atoms with Crippen LogP contribution < -0.4 is 4.89 Å². The zero-order chi connectivity index (χ0) is 76.8. The number of unbranched alkanes of at least 4 members (excludes halogenated alkanes) is 35. The molecule has 0 amide bonds. The van der Waals surface area contributed by atoms with Gasteiger partial charge in [-0.15, -0.1) is 0 Å². The van der Waals surface area contributed by atoms with Crippen molar-refractivity contribution in [1.29, 1.82) is 0 Å². The van der Waals surface area contributed by atoms with Gasteiger partial charge in [0.05, 0.1) is 27.7 Å². The molecule has 9 nitrogen and oxygen atoms in total. The molecule has 0 bridgehead atoms. The average molecular weight is 1490 g/mol. The summed E-state index contributed by atoms with van der Waals surface area (Å²) in [5, 5.41) is 0. The van der Waals surface area contributed by atoms with E-state index in [0.717, 1.165) is 135 Å². The van der Waals surface area contributed by atoms with Gasteiger partial charge >= 0.3 is 11.9 Å². The van der Waals surface area contributed by atoms with Crippen LogP contribution in [0, 0.1) is 0 Å². The van der Waals surface area contributed by atoms with Crippen molar-refractivity contribution in [2.24, 2.45) is 0 Å². The van der Waals surface area contributed by atoms with Gasteiger partial charge in [0.25, 0.3) is 7.82 Å². The SMILES string of the molecule is CC/C=C\C/C=C\C/C=C\C/C=C\C/C=C\C/C=C\C/C=C\C/C=C\C/C=C\CCCCCCCCCCCCCCCC(=O)OC(COC(=O)CCCCCCCCCCCCCCCCCCCCCCCC/C=C\C/C=C\C/C=C\C/C=C\C/C=C\C/C=C\CC)COP(=O)([O-])OCC[N+](C)(C)C. The van der Waals surface area contributed by atoms with Crippen molar-refractivity contribution in [2.75, 3.05) is 47.5 Å². The standard InChI is InChI=1S/C96H162NO8P/c1-6-8-10-12-14-16-18-20-22-24-26-28-30-32-34-36-38-40-42-44-46-48-50-52-54-56-58-60-62-64-66-68-70-72-74-76-78-80-82-84-86-88-95(98)102-92-94(93-104-106(100,101)103-91-90-97(3,4)5)105-96(99)89-87-85-83-81-79-77-75-73-71-69-67-65-63-61-59-57-55-53-51-49-47-45-43-41-39-37-35-33-31-29-27-25-23-21-19-17-15-13-11-9-7-2/h8-11,14-17,20-23,26-29,32-35,38-41,45,47,51,53,57,59,94H,6-7,12-13,18-19,24-25,30-31,36-37,42-44,46,48-50,52,54-56,58,60-93H2,1-5H3/b10-8-,11-9-,16-14-,17-15-,22-20-,23-21-,28-26-,29-27-,34-32-,35-33-,40-38-,41-39-,47-45-,53-51-,59-57-. The fraction of sp³-hybridized carbons (Fsp3) is 0.667. The maximum Gasteiger partial charge on any atom is 0.306 e. The average Bonchev–Trinajstić information content (AvgIpc) is 0.908. The topological polar surface area (TPSA) is 111 Å². The predicted molar refractivity (Wildman–Crippen MR) is 461 cm³/mol. The molecule has 0 aromatic heterocycles. The molecule has 0 heterocycles. The molecular formula is C96H162NO8P. The normalized spacial score (nSPS) is 13.9. The van der Waals surface area contributed by atoms with Crippen molar-refractivity contribution in [3.63, 3.8) is 0 Å². The molecule has 0 fully saturated rings. The first kappa shape index (κ1) is 101. The molecule has 10 heteroatoms. The Hall–Kier alpha value is -4.89. The summed E-state index contributed by atoms with van der Waals surface area (Å²) in [5.41, 5.74) is 0. The molecule has 0 aromatic carbocycles. The van der Waals surface area contributed by atoms with E-state index in [-0.39, 0.29) is 32.0 Å². The Labute approximate surface area is 654 Å². The first-order valence-corrected chi connectivity index (χ1v) is 45.0. The lowest BCUT2D eigenvalue weighted by Crippen LogP contribution is -2.37. The highest BCUT2D eigenvalue weighted by Gasteiger charge is 2.22. The minimum atomic E-state index is -4.66. The summed E-state index contributed by atoms with van der Waals surface area (Å²) < 4.78 is 34.5. The molecule has 0 rings (SSSR count). The Morgan fingerprint density at radius 2 is 0.509 bits per heavy atom. The second kappa shape index (κ2) is 84.1. The molecule has 0 saturated heterocycles. The Morgan fingerprint density at radius 1 is 0.292 bits per heavy atom. The fourth-order valence-electron chi connectivity index (χ4n) is 11.9. The van der Waals surface area contributed by atoms with Crippen LogP contribution in [0.5, 0.6) is 0 Å². The number of nitrogens with zero attached hydrogens (tertiary/aromatic N) is 1. The lowest BCUT2D eigenvalue weighted by molar-refractivity contribution is -0.870. The summed E-state index contributed by atoms with van der Waals surface area (Å²) in [5.74, 6) is -0.828. The van der Waals surface area contributed by atoms with Crippen molar-refractivity contribution in [1.82, 2.24) is 0 Å². The minimum absolute atomic E-state index is 0.0358. The lowest BCUT2D eigenvalue weighted by atomic mass is 10.0. The summed E-state index contributed by atoms with van der Waals surface area (Å²) in [6.07, 6.45) is 129. The number of rotatable bonds is 79. The summed E-state index contributed by atoms with van der Waals surface area (Å²) in [7, 11) is 1.16. The maximum absolute atomic E-state index is 12.9. The number of hydrogen-bond donors (Lipinski definition) is 0. The smallest absolute Gasteiger partial charge is 0.306 e. The maximum atomic E-state index is 12.9. The van der Waals surface area contributed by atoms with Gasteiger partial charge < -0.3 is 27.9 Å². The van der Waals surface area contributed by atoms with Crippen molar-refractivity contribution < 1.29 is 42.1 Å². The van der Waals surface area contributed by atoms with Crippen LogP contribution in [0.3, 0.4) is 0 Å². The zero-order valence-corrected chi connectivity index (χ0v) is 70.0. The van der Waals surface area contributed by atoms with E-state index < -0.39 is 26.5 Å². The number of allylic oxidation sites excluding steroid dienone is 30. The summed E-state index contributed by atoms with van der Waals surface area (Å²) >= 11 is 0. The van der Waals surface area contributed by atoms with Crippen LogP contribution in [0.4, 0.5) is 0 Å². The first-order chi connectivity index (χ1) is 52.0. The van der Waals surface area contributed by atoms with Gasteiger partial charge in [-0.25, -0.2) is 0 Å². The van der Waals surface area contributed by atoms with E-state index in [1.54, 1.807) is 0 Å². The number of quaternary nitrogens is 1. The van der Waals surface area contributed by atoms with Gasteiger partial charge in [-0.05, 0) is 135 Å². The van der Waals surface area contributed by atoms with E-state index >= 15 is 0 Å². The Balaban J connectivity index is 3.96. The molecule has 0 radical (unpaired) electrons. The molecule has 0 aromatic rings. The van der Waals surface area contributed by atoms with Gasteiger partial charge in [0.1, 0.15) is 19.8 Å². The molecule has 604 valence electrons. The van der Waals surface area contributed by atoms with Gasteiger partial charge in [0.2, 0.25) is 0 Å². The molecule has 2 unspecified atom stereocenters. The second-order valence-corrected chi connectivity index (χ2v) is 31.2. The zero-order valence-electron chi connectivity index (χ0n) is 69.1. The number of ether oxygens (including phenoxy) is 2. The van der Waals surface area contributed by atoms with Crippen molar-refractivity contribution in [2.45, 2.75) is 367 Å². The summed E-state index contributed by atoms with van der Waals surface area (Å²) in [4.78, 5) is 38.3. The quantitative estimate of drug-likeness (QED) is 0.0195. The molecular weight excluding hydrogens is 1330 g/mol. The first-order valence-electron chi connectivity index (χ1n) is 43.5. The molecule has 0 aliphatic heterocycles. The Kier molecular flexibility index (Phi) is 80.3. The van der Waals surface area contributed by atoms with Gasteiger partial charge in [-0.2, -0.15) is 0 Å². The largest absolute Gasteiger partial charge is 0.756 e. The third kappa shape index (κ3) is 88.0. The predicted octanol–water partition coefficient (Wildman–Crippen LogP) is 29.1. The van der Waals surface area contributed by atoms with Gasteiger partial charge in [0.15, 0.2) is 6.10 Å². The number of carbonyl (C=O) groups is 2. The van der Waals surface area contributed by atoms with E-state index in [2.05, 4.69) is 196 Å². The van der Waals surface area contributed by atoms with Crippen LogP contribution in [0.15, 0.2) is 182 Å². The van der Waals surface area contributed by atoms with E-state index in [0.29, 0.717) is 17.4 Å².